The van der Waals surface area contributed by atoms with Crippen molar-refractivity contribution >= 4 is 11.0 Å². The minimum atomic E-state index is -0.306. The summed E-state index contributed by atoms with van der Waals surface area (Å²) in [7, 11) is 0. The first-order valence-corrected chi connectivity index (χ1v) is 4.33. The number of hydrogen-bond acceptors (Lipinski definition) is 3. The second-order valence-electron chi connectivity index (χ2n) is 3.10. The number of fused-ring (bicyclic) bond motifs is 1. The molecule has 1 aromatic carbocycles. The maximum atomic E-state index is 10.2. The van der Waals surface area contributed by atoms with Gasteiger partial charge < -0.3 is 4.42 Å². The van der Waals surface area contributed by atoms with Crippen LogP contribution in [0, 0.1) is 10.1 Å². The Kier molecular flexibility index (Phi) is 2.18. The van der Waals surface area contributed by atoms with E-state index in [9.17, 15) is 10.1 Å². The molecule has 0 saturated heterocycles. The van der Waals surface area contributed by atoms with E-state index >= 15 is 0 Å². The molecule has 0 unspecified atom stereocenters. The van der Waals surface area contributed by atoms with Gasteiger partial charge in [-0.3, -0.25) is 10.1 Å². The summed E-state index contributed by atoms with van der Waals surface area (Å²) in [5, 5.41) is 11.2. The average molecular weight is 191 g/mol. The lowest BCUT2D eigenvalue weighted by Gasteiger charge is -1.96. The van der Waals surface area contributed by atoms with Crippen molar-refractivity contribution in [1.29, 1.82) is 0 Å². The number of nitro groups is 1. The Balaban J connectivity index is 2.21. The summed E-state index contributed by atoms with van der Waals surface area (Å²) < 4.78 is 5.16. The normalized spacial score (nSPS) is 10.6. The topological polar surface area (TPSA) is 56.3 Å². The Bertz CT molecular complexity index is 461. The van der Waals surface area contributed by atoms with Crippen LogP contribution in [0.25, 0.3) is 11.0 Å². The van der Waals surface area contributed by atoms with Crippen molar-refractivity contribution in [3.05, 3.63) is 46.2 Å². The van der Waals surface area contributed by atoms with Crippen LogP contribution in [-0.4, -0.2) is 11.5 Å². The average Bonchev–Trinajstić information content (AvgIpc) is 2.61. The van der Waals surface area contributed by atoms with Gasteiger partial charge in [0.05, 0.1) is 6.26 Å². The molecule has 0 bridgehead atoms. The van der Waals surface area contributed by atoms with E-state index in [2.05, 4.69) is 0 Å². The standard InChI is InChI=1S/C10H9NO3/c12-11(13)5-3-8-1-2-10-9(7-8)4-6-14-10/h1-2,4,6-7H,3,5H2. The molecule has 0 spiro atoms. The van der Waals surface area contributed by atoms with Crippen LogP contribution in [0.1, 0.15) is 5.56 Å². The fourth-order valence-corrected chi connectivity index (χ4v) is 1.39. The Morgan fingerprint density at radius 1 is 1.36 bits per heavy atom. The molecule has 0 aliphatic rings. The minimum Gasteiger partial charge on any atom is -0.464 e. The van der Waals surface area contributed by atoms with Gasteiger partial charge in [0, 0.05) is 16.7 Å². The number of benzene rings is 1. The smallest absolute Gasteiger partial charge is 0.207 e. The summed E-state index contributed by atoms with van der Waals surface area (Å²) in [6, 6.07) is 7.47. The second kappa shape index (κ2) is 3.49. The van der Waals surface area contributed by atoms with Gasteiger partial charge >= 0.3 is 0 Å². The molecule has 1 aromatic heterocycles. The molecular formula is C10H9NO3. The summed E-state index contributed by atoms with van der Waals surface area (Å²) in [4.78, 5) is 9.87. The molecule has 0 radical (unpaired) electrons. The van der Waals surface area contributed by atoms with Gasteiger partial charge in [0.25, 0.3) is 0 Å². The molecule has 0 aliphatic heterocycles. The maximum absolute atomic E-state index is 10.2. The van der Waals surface area contributed by atoms with E-state index in [1.54, 1.807) is 6.26 Å². The Morgan fingerprint density at radius 2 is 2.21 bits per heavy atom. The van der Waals surface area contributed by atoms with Gasteiger partial charge in [-0.25, -0.2) is 0 Å². The lowest BCUT2D eigenvalue weighted by Crippen LogP contribution is -2.03. The van der Waals surface area contributed by atoms with Gasteiger partial charge in [-0.1, -0.05) is 6.07 Å². The molecule has 1 heterocycles. The van der Waals surface area contributed by atoms with Gasteiger partial charge in [-0.15, -0.1) is 0 Å². The number of nitrogens with zero attached hydrogens (tertiary/aromatic N) is 1. The number of furan rings is 1. The highest BCUT2D eigenvalue weighted by Gasteiger charge is 2.02. The molecule has 0 amide bonds. The molecular weight excluding hydrogens is 182 g/mol. The first kappa shape index (κ1) is 8.74. The monoisotopic (exact) mass is 191 g/mol. The molecule has 72 valence electrons. The maximum Gasteiger partial charge on any atom is 0.207 e. The van der Waals surface area contributed by atoms with Crippen LogP contribution < -0.4 is 0 Å². The largest absolute Gasteiger partial charge is 0.464 e. The number of hydrogen-bond donors (Lipinski definition) is 0. The second-order valence-corrected chi connectivity index (χ2v) is 3.10. The molecule has 4 heteroatoms. The molecule has 0 aliphatic carbocycles. The van der Waals surface area contributed by atoms with Crippen LogP contribution in [0.5, 0.6) is 0 Å². The van der Waals surface area contributed by atoms with Crippen LogP contribution in [0.2, 0.25) is 0 Å². The molecule has 2 aromatic rings. The molecule has 0 N–H and O–H groups in total. The van der Waals surface area contributed by atoms with Gasteiger partial charge in [0.1, 0.15) is 5.58 Å². The van der Waals surface area contributed by atoms with Crippen molar-refractivity contribution < 1.29 is 9.34 Å². The van der Waals surface area contributed by atoms with Crippen molar-refractivity contribution in [2.75, 3.05) is 6.54 Å². The van der Waals surface area contributed by atoms with Crippen molar-refractivity contribution in [2.45, 2.75) is 6.42 Å². The predicted molar refractivity (Wildman–Crippen MR) is 51.8 cm³/mol. The highest BCUT2D eigenvalue weighted by atomic mass is 16.6. The summed E-state index contributed by atoms with van der Waals surface area (Å²) >= 11 is 0. The lowest BCUT2D eigenvalue weighted by molar-refractivity contribution is -0.479. The predicted octanol–water partition coefficient (Wildman–Crippen LogP) is 2.25. The fraction of sp³-hybridized carbons (Fsp3) is 0.200. The third-order valence-electron chi connectivity index (χ3n) is 2.10. The van der Waals surface area contributed by atoms with Gasteiger partial charge in [0.2, 0.25) is 6.54 Å². The molecule has 0 fully saturated rings. The third-order valence-corrected chi connectivity index (χ3v) is 2.10. The fourth-order valence-electron chi connectivity index (χ4n) is 1.39. The van der Waals surface area contributed by atoms with Crippen LogP contribution >= 0.6 is 0 Å². The highest BCUT2D eigenvalue weighted by Crippen LogP contribution is 2.17. The number of rotatable bonds is 3. The first-order chi connectivity index (χ1) is 6.75. The first-order valence-electron chi connectivity index (χ1n) is 4.33. The van der Waals surface area contributed by atoms with Crippen LogP contribution in [0.4, 0.5) is 0 Å². The summed E-state index contributed by atoms with van der Waals surface area (Å²) in [6.07, 6.45) is 2.08. The Hall–Kier alpha value is -1.84. The summed E-state index contributed by atoms with van der Waals surface area (Å²) in [5.74, 6) is 0. The van der Waals surface area contributed by atoms with E-state index in [0.29, 0.717) is 6.42 Å². The molecule has 0 atom stereocenters. The summed E-state index contributed by atoms with van der Waals surface area (Å²) in [5.41, 5.74) is 1.78. The van der Waals surface area contributed by atoms with Crippen molar-refractivity contribution in [1.82, 2.24) is 0 Å². The van der Waals surface area contributed by atoms with Crippen LogP contribution in [0.3, 0.4) is 0 Å². The van der Waals surface area contributed by atoms with E-state index in [4.69, 9.17) is 4.42 Å². The minimum absolute atomic E-state index is 0.0244. The van der Waals surface area contributed by atoms with E-state index < -0.39 is 0 Å². The quantitative estimate of drug-likeness (QED) is 0.552. The SMILES string of the molecule is O=[N+]([O-])CCc1ccc2occc2c1. The van der Waals surface area contributed by atoms with E-state index in [0.717, 1.165) is 16.5 Å². The van der Waals surface area contributed by atoms with Crippen molar-refractivity contribution in [3.8, 4) is 0 Å². The van der Waals surface area contributed by atoms with Crippen molar-refractivity contribution in [2.24, 2.45) is 0 Å². The van der Waals surface area contributed by atoms with E-state index in [1.165, 1.54) is 0 Å². The van der Waals surface area contributed by atoms with Crippen molar-refractivity contribution in [3.63, 3.8) is 0 Å². The Morgan fingerprint density at radius 3 is 3.00 bits per heavy atom. The van der Waals surface area contributed by atoms with Gasteiger partial charge in [-0.05, 0) is 23.8 Å². The molecule has 2 rings (SSSR count). The Labute approximate surface area is 80.3 Å². The molecule has 14 heavy (non-hydrogen) atoms. The molecule has 4 nitrogen and oxygen atoms in total. The zero-order valence-corrected chi connectivity index (χ0v) is 7.47. The molecule has 0 saturated carbocycles. The zero-order chi connectivity index (χ0) is 9.97. The summed E-state index contributed by atoms with van der Waals surface area (Å²) in [6.45, 7) is -0.0244. The zero-order valence-electron chi connectivity index (χ0n) is 7.47. The van der Waals surface area contributed by atoms with E-state index in [1.807, 2.05) is 24.3 Å². The van der Waals surface area contributed by atoms with Gasteiger partial charge in [0.15, 0.2) is 0 Å². The van der Waals surface area contributed by atoms with Crippen LogP contribution in [-0.2, 0) is 6.42 Å². The third kappa shape index (κ3) is 1.74. The van der Waals surface area contributed by atoms with E-state index in [-0.39, 0.29) is 11.5 Å². The van der Waals surface area contributed by atoms with Crippen LogP contribution in [0.15, 0.2) is 34.9 Å². The highest BCUT2D eigenvalue weighted by molar-refractivity contribution is 5.77. The lowest BCUT2D eigenvalue weighted by atomic mass is 10.1. The van der Waals surface area contributed by atoms with Gasteiger partial charge in [-0.2, -0.15) is 0 Å².